The molecule has 1 amide bonds. The number of aromatic carboxylic acids is 1. The summed E-state index contributed by atoms with van der Waals surface area (Å²) in [7, 11) is 3.04. The molecule has 0 atom stereocenters. The summed E-state index contributed by atoms with van der Waals surface area (Å²) >= 11 is 0. The molecule has 2 N–H and O–H groups in total. The van der Waals surface area contributed by atoms with Crippen molar-refractivity contribution in [1.29, 1.82) is 0 Å². The molecule has 0 saturated carbocycles. The first kappa shape index (κ1) is 21.2. The van der Waals surface area contributed by atoms with Crippen molar-refractivity contribution >= 4 is 18.0 Å². The van der Waals surface area contributed by atoms with Gasteiger partial charge in [0.05, 0.1) is 14.2 Å². The molecule has 1 aliphatic rings. The van der Waals surface area contributed by atoms with Gasteiger partial charge >= 0.3 is 5.97 Å². The van der Waals surface area contributed by atoms with Crippen LogP contribution in [0.3, 0.4) is 0 Å². The first-order valence-electron chi connectivity index (χ1n) is 9.68. The van der Waals surface area contributed by atoms with Gasteiger partial charge < -0.3 is 24.6 Å². The highest BCUT2D eigenvalue weighted by atomic mass is 16.5. The normalized spacial score (nSPS) is 14.7. The number of hydrogen-bond donors (Lipinski definition) is 2. The van der Waals surface area contributed by atoms with Gasteiger partial charge in [-0.2, -0.15) is 0 Å². The van der Waals surface area contributed by atoms with E-state index in [-0.39, 0.29) is 23.1 Å². The third-order valence-corrected chi connectivity index (χ3v) is 5.28. The van der Waals surface area contributed by atoms with Gasteiger partial charge in [-0.15, -0.1) is 0 Å². The molecule has 3 rings (SSSR count). The molecule has 1 saturated heterocycles. The number of benzene rings is 2. The Balaban J connectivity index is 1.66. The molecule has 0 spiro atoms. The van der Waals surface area contributed by atoms with Crippen LogP contribution < -0.4 is 9.47 Å². The topological polar surface area (TPSA) is 96.3 Å². The van der Waals surface area contributed by atoms with Gasteiger partial charge in [-0.05, 0) is 54.7 Å². The Bertz CT molecular complexity index is 943. The number of allylic oxidation sites excluding steroid dienone is 1. The summed E-state index contributed by atoms with van der Waals surface area (Å²) < 4.78 is 10.2. The molecular formula is C23H25NO6. The lowest BCUT2D eigenvalue weighted by Gasteiger charge is -2.31. The van der Waals surface area contributed by atoms with E-state index >= 15 is 0 Å². The molecule has 7 heteroatoms. The Morgan fingerprint density at radius 2 is 1.67 bits per heavy atom. The number of piperidine rings is 1. The number of amides is 1. The van der Waals surface area contributed by atoms with Gasteiger partial charge in [0, 0.05) is 24.7 Å². The number of likely N-dealkylation sites (tertiary alicyclic amines) is 1. The third-order valence-electron chi connectivity index (χ3n) is 5.28. The van der Waals surface area contributed by atoms with Gasteiger partial charge in [0.15, 0.2) is 0 Å². The molecule has 2 aromatic rings. The van der Waals surface area contributed by atoms with Crippen molar-refractivity contribution in [2.45, 2.75) is 12.8 Å². The Hall–Kier alpha value is -3.48. The second-order valence-electron chi connectivity index (χ2n) is 7.13. The average molecular weight is 411 g/mol. The molecule has 1 heterocycles. The fourth-order valence-electron chi connectivity index (χ4n) is 3.56. The first-order chi connectivity index (χ1) is 14.4. The minimum absolute atomic E-state index is 0.00837. The smallest absolute Gasteiger partial charge is 0.340 e. The number of aromatic hydroxyl groups is 1. The average Bonchev–Trinajstić information content (AvgIpc) is 2.76. The van der Waals surface area contributed by atoms with Crippen LogP contribution in [0.25, 0.3) is 6.08 Å². The van der Waals surface area contributed by atoms with Crippen LogP contribution in [0.5, 0.6) is 17.2 Å². The van der Waals surface area contributed by atoms with Crippen molar-refractivity contribution in [3.8, 4) is 17.2 Å². The fraction of sp³-hybridized carbons (Fsp3) is 0.304. The van der Waals surface area contributed by atoms with Crippen molar-refractivity contribution in [3.63, 3.8) is 0 Å². The highest BCUT2D eigenvalue weighted by Gasteiger charge is 2.23. The number of nitrogens with zero attached hydrogens (tertiary/aromatic N) is 1. The molecule has 0 bridgehead atoms. The number of carbonyl (C=O) groups is 2. The number of rotatable bonds is 6. The Kier molecular flexibility index (Phi) is 6.61. The molecule has 2 aromatic carbocycles. The molecule has 0 unspecified atom stereocenters. The van der Waals surface area contributed by atoms with E-state index in [1.165, 1.54) is 13.2 Å². The lowest BCUT2D eigenvalue weighted by molar-refractivity contribution is 0.0687. The zero-order valence-electron chi connectivity index (χ0n) is 17.0. The van der Waals surface area contributed by atoms with Crippen molar-refractivity contribution in [3.05, 3.63) is 59.2 Å². The van der Waals surface area contributed by atoms with Crippen molar-refractivity contribution in [2.24, 2.45) is 5.92 Å². The Morgan fingerprint density at radius 1 is 1.03 bits per heavy atom. The Labute approximate surface area is 175 Å². The number of phenols is 1. The number of ether oxygens (including phenoxy) is 2. The van der Waals surface area contributed by atoms with Gasteiger partial charge in [0.1, 0.15) is 22.8 Å². The molecule has 30 heavy (non-hydrogen) atoms. The standard InChI is InChI=1S/C23H25NO6/c1-29-18-7-5-16(6-8-18)22(26)24-11-9-15(10-12-24)3-4-17-13-19(30-2)14-20(25)21(17)23(27)28/h3-8,13-15,25H,9-12H2,1-2H3,(H,27,28)/b4-3+. The monoisotopic (exact) mass is 411 g/mol. The van der Waals surface area contributed by atoms with E-state index in [1.807, 2.05) is 11.0 Å². The molecule has 0 aliphatic carbocycles. The zero-order valence-corrected chi connectivity index (χ0v) is 17.0. The van der Waals surface area contributed by atoms with Crippen LogP contribution in [-0.4, -0.2) is 54.3 Å². The van der Waals surface area contributed by atoms with Gasteiger partial charge in [-0.25, -0.2) is 4.79 Å². The predicted molar refractivity (Wildman–Crippen MR) is 112 cm³/mol. The summed E-state index contributed by atoms with van der Waals surface area (Å²) in [4.78, 5) is 26.0. The van der Waals surface area contributed by atoms with Crippen molar-refractivity contribution < 1.29 is 29.3 Å². The van der Waals surface area contributed by atoms with Gasteiger partial charge in [0.2, 0.25) is 0 Å². The molecular weight excluding hydrogens is 386 g/mol. The van der Waals surface area contributed by atoms with Crippen LogP contribution in [0.1, 0.15) is 39.1 Å². The summed E-state index contributed by atoms with van der Waals surface area (Å²) in [6, 6.07) is 9.93. The van der Waals surface area contributed by atoms with E-state index in [1.54, 1.807) is 43.5 Å². The lowest BCUT2D eigenvalue weighted by Crippen LogP contribution is -2.38. The molecule has 0 aromatic heterocycles. The maximum absolute atomic E-state index is 12.7. The quantitative estimate of drug-likeness (QED) is 0.753. The number of carbonyl (C=O) groups excluding carboxylic acids is 1. The summed E-state index contributed by atoms with van der Waals surface area (Å²) in [5.41, 5.74) is 0.859. The molecule has 7 nitrogen and oxygen atoms in total. The van der Waals surface area contributed by atoms with E-state index in [2.05, 4.69) is 0 Å². The highest BCUT2D eigenvalue weighted by Crippen LogP contribution is 2.30. The van der Waals surface area contributed by atoms with Gasteiger partial charge in [-0.3, -0.25) is 4.79 Å². The van der Waals surface area contributed by atoms with Crippen LogP contribution in [0.4, 0.5) is 0 Å². The van der Waals surface area contributed by atoms with Crippen LogP contribution in [0.2, 0.25) is 0 Å². The van der Waals surface area contributed by atoms with E-state index in [9.17, 15) is 19.8 Å². The van der Waals surface area contributed by atoms with Crippen LogP contribution >= 0.6 is 0 Å². The van der Waals surface area contributed by atoms with Crippen LogP contribution in [0.15, 0.2) is 42.5 Å². The highest BCUT2D eigenvalue weighted by molar-refractivity contribution is 5.96. The number of hydrogen-bond acceptors (Lipinski definition) is 5. The summed E-state index contributed by atoms with van der Waals surface area (Å²) in [6.45, 7) is 1.24. The van der Waals surface area contributed by atoms with Crippen LogP contribution in [0, 0.1) is 5.92 Å². The maximum atomic E-state index is 12.7. The third kappa shape index (κ3) is 4.74. The maximum Gasteiger partial charge on any atom is 0.340 e. The summed E-state index contributed by atoms with van der Waals surface area (Å²) in [5.74, 6) is -0.237. The minimum atomic E-state index is -1.20. The fourth-order valence-corrected chi connectivity index (χ4v) is 3.56. The molecule has 1 fully saturated rings. The number of carboxylic acids is 1. The van der Waals surface area contributed by atoms with E-state index < -0.39 is 5.97 Å². The Morgan fingerprint density at radius 3 is 2.23 bits per heavy atom. The second-order valence-corrected chi connectivity index (χ2v) is 7.13. The SMILES string of the molecule is COc1ccc(C(=O)N2CCC(/C=C/c3cc(OC)cc(O)c3C(=O)O)CC2)cc1. The van der Waals surface area contributed by atoms with Crippen LogP contribution in [-0.2, 0) is 0 Å². The van der Waals surface area contributed by atoms with E-state index in [4.69, 9.17) is 9.47 Å². The minimum Gasteiger partial charge on any atom is -0.507 e. The summed E-state index contributed by atoms with van der Waals surface area (Å²) in [6.07, 6.45) is 5.20. The lowest BCUT2D eigenvalue weighted by atomic mass is 9.94. The molecule has 158 valence electrons. The van der Waals surface area contributed by atoms with E-state index in [0.29, 0.717) is 35.7 Å². The molecule has 0 radical (unpaired) electrons. The van der Waals surface area contributed by atoms with Gasteiger partial charge in [-0.1, -0.05) is 12.2 Å². The number of carboxylic acid groups (broad SMARTS) is 1. The van der Waals surface area contributed by atoms with Gasteiger partial charge in [0.25, 0.3) is 5.91 Å². The number of methoxy groups -OCH3 is 2. The van der Waals surface area contributed by atoms with Crippen molar-refractivity contribution in [1.82, 2.24) is 4.90 Å². The van der Waals surface area contributed by atoms with Crippen molar-refractivity contribution in [2.75, 3.05) is 27.3 Å². The summed E-state index contributed by atoms with van der Waals surface area (Å²) in [5, 5.41) is 19.4. The zero-order chi connectivity index (χ0) is 21.7. The largest absolute Gasteiger partial charge is 0.507 e. The molecule has 1 aliphatic heterocycles. The predicted octanol–water partition coefficient (Wildman–Crippen LogP) is 3.67. The van der Waals surface area contributed by atoms with E-state index in [0.717, 1.165) is 12.8 Å². The first-order valence-corrected chi connectivity index (χ1v) is 9.68. The second kappa shape index (κ2) is 9.35.